The number of anilines is 3. The molecule has 60 heavy (non-hydrogen) atoms. The molecule has 1 heteroatoms. The zero-order valence-electron chi connectivity index (χ0n) is 35.9. The zero-order valence-corrected chi connectivity index (χ0v) is 35.9. The van der Waals surface area contributed by atoms with Crippen LogP contribution in [0.3, 0.4) is 0 Å². The summed E-state index contributed by atoms with van der Waals surface area (Å²) in [4.78, 5) is 2.49. The van der Waals surface area contributed by atoms with E-state index in [0.29, 0.717) is 0 Å². The van der Waals surface area contributed by atoms with Gasteiger partial charge >= 0.3 is 0 Å². The van der Waals surface area contributed by atoms with Crippen LogP contribution in [0.4, 0.5) is 17.1 Å². The molecule has 0 atom stereocenters. The van der Waals surface area contributed by atoms with Crippen molar-refractivity contribution in [1.29, 1.82) is 0 Å². The molecule has 0 fully saturated rings. The second kappa shape index (κ2) is 11.9. The quantitative estimate of drug-likeness (QED) is 0.173. The maximum atomic E-state index is 2.55. The van der Waals surface area contributed by atoms with E-state index in [-0.39, 0.29) is 16.2 Å². The van der Waals surface area contributed by atoms with Gasteiger partial charge in [-0.3, -0.25) is 0 Å². The van der Waals surface area contributed by atoms with Crippen molar-refractivity contribution in [3.63, 3.8) is 0 Å². The average molecular weight is 772 g/mol. The van der Waals surface area contributed by atoms with Gasteiger partial charge in [0.1, 0.15) is 0 Å². The lowest BCUT2D eigenvalue weighted by Gasteiger charge is -2.29. The molecule has 3 aliphatic rings. The number of fused-ring (bicyclic) bond motifs is 15. The smallest absolute Gasteiger partial charge is 0.0468 e. The number of nitrogens with zero attached hydrogens (tertiary/aromatic N) is 1. The standard InChI is InChI=1S/C59H49N/c1-34-27-35(2)29-41(28-34)60(39-20-24-44-38(30-39)18-23-47-46-22-17-37-14-10-12-16-43(37)55(46)59(7,8)56(44)47)40-21-25-45-48-32-53-49(33-52(48)58(5,6)51(45)31-40)54-42-15-11-9-13-36(42)19-26-50(54)57(53,3)4/h9-33H,1-8H3. The van der Waals surface area contributed by atoms with Crippen LogP contribution < -0.4 is 4.90 Å². The molecule has 0 amide bonds. The highest BCUT2D eigenvalue weighted by atomic mass is 15.1. The third-order valence-electron chi connectivity index (χ3n) is 14.8. The monoisotopic (exact) mass is 771 g/mol. The van der Waals surface area contributed by atoms with Crippen molar-refractivity contribution in [2.75, 3.05) is 4.90 Å². The molecule has 0 unspecified atom stereocenters. The second-order valence-corrected chi connectivity index (χ2v) is 19.5. The van der Waals surface area contributed by atoms with Gasteiger partial charge in [0, 0.05) is 33.3 Å². The summed E-state index contributed by atoms with van der Waals surface area (Å²) in [6.45, 7) is 18.9. The normalized spacial score (nSPS) is 15.7. The van der Waals surface area contributed by atoms with E-state index >= 15 is 0 Å². The highest BCUT2D eigenvalue weighted by Crippen LogP contribution is 2.59. The number of hydrogen-bond acceptors (Lipinski definition) is 1. The molecule has 9 aromatic carbocycles. The zero-order chi connectivity index (χ0) is 41.0. The van der Waals surface area contributed by atoms with Crippen LogP contribution >= 0.6 is 0 Å². The predicted molar refractivity (Wildman–Crippen MR) is 256 cm³/mol. The van der Waals surface area contributed by atoms with Crippen LogP contribution in [-0.2, 0) is 16.2 Å². The van der Waals surface area contributed by atoms with Gasteiger partial charge in [-0.05, 0) is 173 Å². The lowest BCUT2D eigenvalue weighted by molar-refractivity contribution is 0.652. The Kier molecular flexibility index (Phi) is 7.01. The topological polar surface area (TPSA) is 3.24 Å². The van der Waals surface area contributed by atoms with Crippen LogP contribution in [0.25, 0.3) is 65.7 Å². The molecule has 0 aromatic heterocycles. The Hall–Kier alpha value is -6.44. The van der Waals surface area contributed by atoms with Crippen LogP contribution in [0.1, 0.15) is 86.1 Å². The molecule has 3 aliphatic carbocycles. The Morgan fingerprint density at radius 2 is 0.850 bits per heavy atom. The molecule has 0 heterocycles. The lowest BCUT2D eigenvalue weighted by Crippen LogP contribution is -2.18. The molecule has 0 saturated heterocycles. The van der Waals surface area contributed by atoms with Crippen LogP contribution in [0, 0.1) is 13.8 Å². The second-order valence-electron chi connectivity index (χ2n) is 19.5. The van der Waals surface area contributed by atoms with E-state index in [4.69, 9.17) is 0 Å². The number of hydrogen-bond donors (Lipinski definition) is 0. The molecular formula is C59H49N. The van der Waals surface area contributed by atoms with Gasteiger partial charge in [0.2, 0.25) is 0 Å². The third-order valence-corrected chi connectivity index (χ3v) is 14.8. The Labute approximate surface area is 354 Å². The molecule has 0 radical (unpaired) electrons. The molecule has 0 saturated carbocycles. The first-order valence-electron chi connectivity index (χ1n) is 21.7. The van der Waals surface area contributed by atoms with Crippen LogP contribution in [0.15, 0.2) is 152 Å². The van der Waals surface area contributed by atoms with E-state index in [2.05, 4.69) is 212 Å². The van der Waals surface area contributed by atoms with Gasteiger partial charge in [-0.15, -0.1) is 0 Å². The largest absolute Gasteiger partial charge is 0.310 e. The summed E-state index contributed by atoms with van der Waals surface area (Å²) >= 11 is 0. The third kappa shape index (κ3) is 4.64. The summed E-state index contributed by atoms with van der Waals surface area (Å²) in [5, 5.41) is 7.92. The van der Waals surface area contributed by atoms with Gasteiger partial charge in [-0.25, -0.2) is 0 Å². The molecule has 12 rings (SSSR count). The van der Waals surface area contributed by atoms with Crippen molar-refractivity contribution in [3.8, 4) is 33.4 Å². The van der Waals surface area contributed by atoms with Crippen molar-refractivity contribution in [2.24, 2.45) is 0 Å². The van der Waals surface area contributed by atoms with Gasteiger partial charge in [0.25, 0.3) is 0 Å². The van der Waals surface area contributed by atoms with Gasteiger partial charge < -0.3 is 4.90 Å². The van der Waals surface area contributed by atoms with E-state index in [1.165, 1.54) is 127 Å². The molecule has 0 N–H and O–H groups in total. The Morgan fingerprint density at radius 1 is 0.333 bits per heavy atom. The SMILES string of the molecule is Cc1cc(C)cc(N(c2ccc3c(c2)C(C)(C)c2cc4c(cc2-3)C(C)(C)c2ccc3ccccc3c2-4)c2ccc3c4c(ccc3c2)-c2ccc3ccccc3c2C4(C)C)c1. The Bertz CT molecular complexity index is 3350. The van der Waals surface area contributed by atoms with Gasteiger partial charge in [-0.2, -0.15) is 0 Å². The molecule has 0 spiro atoms. The number of rotatable bonds is 3. The van der Waals surface area contributed by atoms with E-state index in [0.717, 1.165) is 0 Å². The summed E-state index contributed by atoms with van der Waals surface area (Å²) in [5.41, 5.74) is 22.4. The van der Waals surface area contributed by atoms with E-state index in [1.54, 1.807) is 0 Å². The Morgan fingerprint density at radius 3 is 1.58 bits per heavy atom. The maximum Gasteiger partial charge on any atom is 0.0468 e. The van der Waals surface area contributed by atoms with E-state index < -0.39 is 0 Å². The van der Waals surface area contributed by atoms with E-state index in [1.807, 2.05) is 0 Å². The summed E-state index contributed by atoms with van der Waals surface area (Å²) < 4.78 is 0. The van der Waals surface area contributed by atoms with Crippen molar-refractivity contribution in [2.45, 2.75) is 71.6 Å². The lowest BCUT2D eigenvalue weighted by atomic mass is 9.78. The predicted octanol–water partition coefficient (Wildman–Crippen LogP) is 16.2. The minimum Gasteiger partial charge on any atom is -0.310 e. The number of benzene rings is 9. The van der Waals surface area contributed by atoms with Crippen LogP contribution in [0.5, 0.6) is 0 Å². The van der Waals surface area contributed by atoms with Crippen molar-refractivity contribution < 1.29 is 0 Å². The summed E-state index contributed by atoms with van der Waals surface area (Å²) in [6, 6.07) is 58.3. The first-order chi connectivity index (χ1) is 28.8. The summed E-state index contributed by atoms with van der Waals surface area (Å²) in [6.07, 6.45) is 0. The summed E-state index contributed by atoms with van der Waals surface area (Å²) in [5.74, 6) is 0. The fraction of sp³-hybridized carbons (Fsp3) is 0.186. The minimum atomic E-state index is -0.184. The maximum absolute atomic E-state index is 2.55. The highest BCUT2D eigenvalue weighted by molar-refractivity contribution is 6.06. The first-order valence-corrected chi connectivity index (χ1v) is 21.7. The number of aryl methyl sites for hydroxylation is 2. The van der Waals surface area contributed by atoms with Gasteiger partial charge in [-0.1, -0.05) is 145 Å². The molecule has 9 aromatic rings. The Balaban J connectivity index is 1.01. The molecule has 290 valence electrons. The van der Waals surface area contributed by atoms with Crippen molar-refractivity contribution in [3.05, 3.63) is 196 Å². The van der Waals surface area contributed by atoms with Gasteiger partial charge in [0.15, 0.2) is 0 Å². The first kappa shape index (κ1) is 35.5. The van der Waals surface area contributed by atoms with Crippen molar-refractivity contribution >= 4 is 49.4 Å². The average Bonchev–Trinajstić information content (AvgIpc) is 3.72. The molecule has 0 aliphatic heterocycles. The highest BCUT2D eigenvalue weighted by Gasteiger charge is 2.43. The van der Waals surface area contributed by atoms with Crippen molar-refractivity contribution in [1.82, 2.24) is 0 Å². The van der Waals surface area contributed by atoms with Crippen LogP contribution in [0.2, 0.25) is 0 Å². The molecular weight excluding hydrogens is 723 g/mol. The van der Waals surface area contributed by atoms with Gasteiger partial charge in [0.05, 0.1) is 0 Å². The van der Waals surface area contributed by atoms with E-state index in [9.17, 15) is 0 Å². The molecule has 0 bridgehead atoms. The van der Waals surface area contributed by atoms with Crippen LogP contribution in [-0.4, -0.2) is 0 Å². The summed E-state index contributed by atoms with van der Waals surface area (Å²) in [7, 11) is 0. The molecule has 1 nitrogen and oxygen atoms in total. The fourth-order valence-electron chi connectivity index (χ4n) is 12.0. The minimum absolute atomic E-state index is 0.0849. The fourth-order valence-corrected chi connectivity index (χ4v) is 12.0.